The molecule has 3 aromatic heterocycles. The monoisotopic (exact) mass is 580 g/mol. The normalized spacial score (nSPS) is 12.1. The van der Waals surface area contributed by atoms with Gasteiger partial charge in [-0.25, -0.2) is 9.97 Å². The fourth-order valence-electron chi connectivity index (χ4n) is 6.20. The van der Waals surface area contributed by atoms with Crippen LogP contribution in [0.3, 0.4) is 0 Å². The van der Waals surface area contributed by atoms with E-state index in [4.69, 9.17) is 9.97 Å². The number of nitrogens with zero attached hydrogens (tertiary/aromatic N) is 2. The molecule has 2 nitrogen and oxygen atoms in total. The van der Waals surface area contributed by atoms with E-state index in [0.717, 1.165) is 55.1 Å². The third-order valence-corrected chi connectivity index (χ3v) is 9.55. The molecular weight excluding hydrogens is 553 g/mol. The van der Waals surface area contributed by atoms with Gasteiger partial charge in [0, 0.05) is 41.9 Å². The van der Waals surface area contributed by atoms with Crippen LogP contribution in [0.25, 0.3) is 80.8 Å². The Labute approximate surface area is 260 Å². The first kappa shape index (κ1) is 26.3. The Hall–Kier alpha value is -5.38. The van der Waals surface area contributed by atoms with Crippen LogP contribution < -0.4 is 0 Å². The summed E-state index contributed by atoms with van der Waals surface area (Å²) in [6.07, 6.45) is 8.14. The van der Waals surface area contributed by atoms with Crippen molar-refractivity contribution in [2.45, 2.75) is 6.92 Å². The minimum Gasteiger partial charge on any atom is -0.245 e. The molecule has 0 aliphatic rings. The van der Waals surface area contributed by atoms with E-state index < -0.39 is 0 Å². The Morgan fingerprint density at radius 1 is 0.636 bits per heavy atom. The van der Waals surface area contributed by atoms with Gasteiger partial charge in [0.1, 0.15) is 0 Å². The number of aromatic nitrogens is 2. The molecule has 0 amide bonds. The minimum atomic E-state index is 0.895. The highest BCUT2D eigenvalue weighted by molar-refractivity contribution is 7.26. The summed E-state index contributed by atoms with van der Waals surface area (Å²) in [5.41, 5.74) is 9.26. The van der Waals surface area contributed by atoms with Crippen LogP contribution in [0.5, 0.6) is 0 Å². The zero-order chi connectivity index (χ0) is 29.6. The third kappa shape index (κ3) is 4.33. The lowest BCUT2D eigenvalue weighted by Gasteiger charge is -2.13. The van der Waals surface area contributed by atoms with Crippen molar-refractivity contribution in [2.75, 3.05) is 0 Å². The minimum absolute atomic E-state index is 0.895. The highest BCUT2D eigenvalue weighted by Crippen LogP contribution is 2.40. The van der Waals surface area contributed by atoms with Crippen LogP contribution in [-0.2, 0) is 0 Å². The predicted octanol–water partition coefficient (Wildman–Crippen LogP) is 11.8. The van der Waals surface area contributed by atoms with Crippen LogP contribution >= 0.6 is 11.3 Å². The van der Waals surface area contributed by atoms with Crippen molar-refractivity contribution in [1.82, 2.24) is 9.97 Å². The Balaban J connectivity index is 1.25. The largest absolute Gasteiger partial charge is 0.245 e. The Morgan fingerprint density at radius 2 is 1.39 bits per heavy atom. The van der Waals surface area contributed by atoms with E-state index in [2.05, 4.69) is 122 Å². The highest BCUT2D eigenvalue weighted by Gasteiger charge is 2.15. The predicted molar refractivity (Wildman–Crippen MR) is 191 cm³/mol. The lowest BCUT2D eigenvalue weighted by molar-refractivity contribution is 1.39. The van der Waals surface area contributed by atoms with E-state index in [-0.39, 0.29) is 0 Å². The van der Waals surface area contributed by atoms with E-state index in [0.29, 0.717) is 0 Å². The van der Waals surface area contributed by atoms with Crippen molar-refractivity contribution < 1.29 is 0 Å². The number of para-hydroxylation sites is 1. The molecule has 0 bridgehead atoms. The topological polar surface area (TPSA) is 25.8 Å². The average molecular weight is 581 g/mol. The van der Waals surface area contributed by atoms with Crippen molar-refractivity contribution in [3.05, 3.63) is 152 Å². The molecule has 5 aromatic carbocycles. The van der Waals surface area contributed by atoms with Gasteiger partial charge in [0.05, 0.1) is 22.2 Å². The van der Waals surface area contributed by atoms with Crippen molar-refractivity contribution in [1.29, 1.82) is 0 Å². The maximum atomic E-state index is 5.22. The Kier molecular flexibility index (Phi) is 6.40. The fraction of sp³-hybridized carbons (Fsp3) is 0.0244. The summed E-state index contributed by atoms with van der Waals surface area (Å²) >= 11 is 1.86. The van der Waals surface area contributed by atoms with Crippen molar-refractivity contribution in [3.8, 4) is 22.4 Å². The molecule has 0 radical (unpaired) electrons. The smallest absolute Gasteiger partial charge is 0.0978 e. The van der Waals surface area contributed by atoms with E-state index in [1.54, 1.807) is 0 Å². The number of fused-ring (bicyclic) bond motifs is 7. The molecule has 0 N–H and O–H groups in total. The zero-order valence-corrected chi connectivity index (χ0v) is 25.1. The summed E-state index contributed by atoms with van der Waals surface area (Å²) < 4.78 is 2.65. The molecule has 0 aliphatic carbocycles. The summed E-state index contributed by atoms with van der Waals surface area (Å²) in [5, 5.41) is 5.85. The van der Waals surface area contributed by atoms with Gasteiger partial charge >= 0.3 is 0 Å². The zero-order valence-electron chi connectivity index (χ0n) is 24.3. The average Bonchev–Trinajstić information content (AvgIpc) is 3.46. The molecule has 44 heavy (non-hydrogen) atoms. The van der Waals surface area contributed by atoms with Crippen LogP contribution in [-0.4, -0.2) is 9.97 Å². The molecule has 0 saturated heterocycles. The van der Waals surface area contributed by atoms with E-state index >= 15 is 0 Å². The van der Waals surface area contributed by atoms with Crippen LogP contribution in [0.4, 0.5) is 0 Å². The molecular formula is C41H28N2S. The maximum absolute atomic E-state index is 5.22. The van der Waals surface area contributed by atoms with Crippen molar-refractivity contribution in [2.24, 2.45) is 0 Å². The maximum Gasteiger partial charge on any atom is 0.0978 e. The van der Waals surface area contributed by atoms with Gasteiger partial charge in [-0.05, 0) is 47.4 Å². The summed E-state index contributed by atoms with van der Waals surface area (Å²) in [5.74, 6) is 0. The lowest BCUT2D eigenvalue weighted by Crippen LogP contribution is -1.94. The van der Waals surface area contributed by atoms with Gasteiger partial charge in [-0.2, -0.15) is 0 Å². The second kappa shape index (κ2) is 10.7. The molecule has 0 fully saturated rings. The first-order valence-corrected chi connectivity index (χ1v) is 15.6. The SMILES string of the molecule is C=C(/C=C\C=C/C)c1c2ccccc2nc2c1ccc1ccc(-c3ccc(-c4cccc5c4sc4ccccc45)cc3)nc12. The van der Waals surface area contributed by atoms with Gasteiger partial charge < -0.3 is 0 Å². The first-order chi connectivity index (χ1) is 21.7. The highest BCUT2D eigenvalue weighted by atomic mass is 32.1. The third-order valence-electron chi connectivity index (χ3n) is 8.33. The summed E-state index contributed by atoms with van der Waals surface area (Å²) in [7, 11) is 0. The van der Waals surface area contributed by atoms with Crippen molar-refractivity contribution >= 4 is 69.8 Å². The van der Waals surface area contributed by atoms with Gasteiger partial charge in [-0.15, -0.1) is 11.3 Å². The van der Waals surface area contributed by atoms with Crippen LogP contribution in [0, 0.1) is 0 Å². The number of hydrogen-bond acceptors (Lipinski definition) is 3. The molecule has 0 atom stereocenters. The summed E-state index contributed by atoms with van der Waals surface area (Å²) in [6, 6.07) is 40.9. The van der Waals surface area contributed by atoms with Gasteiger partial charge in [0.2, 0.25) is 0 Å². The Bertz CT molecular complexity index is 2460. The van der Waals surface area contributed by atoms with E-state index in [1.165, 1.54) is 31.3 Å². The van der Waals surface area contributed by atoms with Gasteiger partial charge in [-0.1, -0.05) is 128 Å². The number of rotatable bonds is 5. The molecule has 208 valence electrons. The van der Waals surface area contributed by atoms with Gasteiger partial charge in [-0.3, -0.25) is 0 Å². The van der Waals surface area contributed by atoms with Crippen LogP contribution in [0.2, 0.25) is 0 Å². The molecule has 0 unspecified atom stereocenters. The number of thiophene rings is 1. The molecule has 0 spiro atoms. The Morgan fingerprint density at radius 3 is 2.25 bits per heavy atom. The number of pyridine rings is 2. The molecule has 8 rings (SSSR count). The lowest BCUT2D eigenvalue weighted by atomic mass is 9.95. The van der Waals surface area contributed by atoms with E-state index in [1.807, 2.05) is 42.6 Å². The van der Waals surface area contributed by atoms with Gasteiger partial charge in [0.15, 0.2) is 0 Å². The standard InChI is InChI=1S/C41H28N2S/c1-3-4-5-11-26(2)38-33-13-6-8-16-36(33)43-40-34(38)24-22-29-23-25-35(42-39(29)40)28-20-18-27(19-21-28)30-14-10-15-32-31-12-7-9-17-37(31)44-41(30)32/h3-25H,2H2,1H3/b4-3-,11-5-. The number of hydrogen-bond donors (Lipinski definition) is 0. The number of benzene rings is 5. The van der Waals surface area contributed by atoms with Crippen LogP contribution in [0.1, 0.15) is 12.5 Å². The molecule has 0 aliphatic heterocycles. The molecule has 0 saturated carbocycles. The summed E-state index contributed by atoms with van der Waals surface area (Å²) in [6.45, 7) is 6.45. The van der Waals surface area contributed by atoms with E-state index in [9.17, 15) is 0 Å². The quantitative estimate of drug-likeness (QED) is 0.115. The second-order valence-corrected chi connectivity index (χ2v) is 12.1. The fourth-order valence-corrected chi connectivity index (χ4v) is 7.44. The van der Waals surface area contributed by atoms with Gasteiger partial charge in [0.25, 0.3) is 0 Å². The van der Waals surface area contributed by atoms with Crippen LogP contribution in [0.15, 0.2) is 146 Å². The summed E-state index contributed by atoms with van der Waals surface area (Å²) in [4.78, 5) is 10.4. The number of allylic oxidation sites excluding steroid dienone is 5. The second-order valence-electron chi connectivity index (χ2n) is 11.0. The first-order valence-electron chi connectivity index (χ1n) is 14.8. The van der Waals surface area contributed by atoms with Crippen molar-refractivity contribution in [3.63, 3.8) is 0 Å². The molecule has 3 heteroatoms. The molecule has 8 aromatic rings. The molecule has 3 heterocycles.